The van der Waals surface area contributed by atoms with Crippen LogP contribution < -0.4 is 15.9 Å². The molecule has 0 saturated carbocycles. The molecular weight excluding hydrogens is 412 g/mol. The molecule has 8 nitrogen and oxygen atoms in total. The lowest BCUT2D eigenvalue weighted by Gasteiger charge is -2.08. The maximum absolute atomic E-state index is 12.3. The highest BCUT2D eigenvalue weighted by Crippen LogP contribution is 2.22. The zero-order valence-corrected chi connectivity index (χ0v) is 17.3. The minimum Gasteiger partial charge on any atom is -0.489 e. The number of nitrogens with one attached hydrogen (secondary N) is 1. The first kappa shape index (κ1) is 20.4. The third-order valence-corrected chi connectivity index (χ3v) is 5.26. The third-order valence-electron chi connectivity index (χ3n) is 4.32. The molecular formula is C22H20N6O2S. The molecule has 4 rings (SSSR count). The summed E-state index contributed by atoms with van der Waals surface area (Å²) >= 11 is 1.21. The van der Waals surface area contributed by atoms with Crippen LogP contribution in [-0.4, -0.2) is 31.5 Å². The highest BCUT2D eigenvalue weighted by molar-refractivity contribution is 7.99. The molecule has 31 heavy (non-hydrogen) atoms. The van der Waals surface area contributed by atoms with Crippen LogP contribution in [0.5, 0.6) is 5.75 Å². The third kappa shape index (κ3) is 5.40. The highest BCUT2D eigenvalue weighted by Gasteiger charge is 2.13. The Bertz CT molecular complexity index is 1130. The van der Waals surface area contributed by atoms with Gasteiger partial charge in [0.2, 0.25) is 11.1 Å². The van der Waals surface area contributed by atoms with Gasteiger partial charge in [-0.05, 0) is 42.0 Å². The van der Waals surface area contributed by atoms with Crippen molar-refractivity contribution in [2.75, 3.05) is 16.9 Å². The maximum Gasteiger partial charge on any atom is 0.234 e. The maximum atomic E-state index is 12.3. The van der Waals surface area contributed by atoms with Crippen molar-refractivity contribution in [2.45, 2.75) is 11.8 Å². The van der Waals surface area contributed by atoms with Gasteiger partial charge in [0.15, 0.2) is 5.82 Å². The van der Waals surface area contributed by atoms with Gasteiger partial charge in [-0.15, -0.1) is 10.2 Å². The Morgan fingerprint density at radius 3 is 2.48 bits per heavy atom. The molecule has 0 bridgehead atoms. The summed E-state index contributed by atoms with van der Waals surface area (Å²) in [6, 6.07) is 20.8. The molecule has 156 valence electrons. The first-order valence-corrected chi connectivity index (χ1v) is 10.5. The zero-order chi connectivity index (χ0) is 21.5. The summed E-state index contributed by atoms with van der Waals surface area (Å²) in [5, 5.41) is 11.5. The van der Waals surface area contributed by atoms with Crippen molar-refractivity contribution in [3.63, 3.8) is 0 Å². The van der Waals surface area contributed by atoms with Crippen LogP contribution in [0.3, 0.4) is 0 Å². The van der Waals surface area contributed by atoms with E-state index in [-0.39, 0.29) is 11.7 Å². The van der Waals surface area contributed by atoms with E-state index in [4.69, 9.17) is 10.6 Å². The summed E-state index contributed by atoms with van der Waals surface area (Å²) < 4.78 is 7.12. The summed E-state index contributed by atoms with van der Waals surface area (Å²) in [6.45, 7) is 0.491. The van der Waals surface area contributed by atoms with E-state index in [0.717, 1.165) is 16.9 Å². The lowest BCUT2D eigenvalue weighted by atomic mass is 10.2. The number of anilines is 1. The summed E-state index contributed by atoms with van der Waals surface area (Å²) in [7, 11) is 0. The Hall–Kier alpha value is -3.85. The number of aromatic nitrogens is 4. The molecule has 0 aliphatic heterocycles. The van der Waals surface area contributed by atoms with Crippen LogP contribution in [0, 0.1) is 0 Å². The van der Waals surface area contributed by atoms with Crippen LogP contribution in [0.1, 0.15) is 5.56 Å². The monoisotopic (exact) mass is 432 g/mol. The van der Waals surface area contributed by atoms with Gasteiger partial charge in [-0.3, -0.25) is 9.78 Å². The average Bonchev–Trinajstić information content (AvgIpc) is 3.19. The van der Waals surface area contributed by atoms with E-state index < -0.39 is 0 Å². The van der Waals surface area contributed by atoms with Gasteiger partial charge in [0.1, 0.15) is 12.4 Å². The minimum absolute atomic E-state index is 0.151. The Morgan fingerprint density at radius 1 is 1.00 bits per heavy atom. The van der Waals surface area contributed by atoms with Gasteiger partial charge in [0.25, 0.3) is 0 Å². The number of ether oxygens (including phenoxy) is 1. The molecule has 0 aliphatic rings. The van der Waals surface area contributed by atoms with Crippen LogP contribution in [-0.2, 0) is 11.4 Å². The van der Waals surface area contributed by atoms with Crippen molar-refractivity contribution in [1.29, 1.82) is 0 Å². The molecule has 0 radical (unpaired) electrons. The number of nitrogen functional groups attached to an aromatic ring is 1. The molecule has 0 unspecified atom stereocenters. The van der Waals surface area contributed by atoms with Crippen LogP contribution in [0.25, 0.3) is 11.4 Å². The first-order chi connectivity index (χ1) is 15.2. The number of pyridine rings is 1. The molecule has 0 saturated heterocycles. The molecule has 0 spiro atoms. The summed E-state index contributed by atoms with van der Waals surface area (Å²) in [6.07, 6.45) is 3.31. The van der Waals surface area contributed by atoms with Crippen molar-refractivity contribution in [3.05, 3.63) is 84.7 Å². The van der Waals surface area contributed by atoms with E-state index in [1.54, 1.807) is 36.7 Å². The van der Waals surface area contributed by atoms with Gasteiger partial charge < -0.3 is 15.9 Å². The summed E-state index contributed by atoms with van der Waals surface area (Å²) in [5.74, 6) is 7.29. The first-order valence-electron chi connectivity index (χ1n) is 9.49. The van der Waals surface area contributed by atoms with E-state index >= 15 is 0 Å². The molecule has 2 aromatic carbocycles. The lowest BCUT2D eigenvalue weighted by Crippen LogP contribution is -2.16. The van der Waals surface area contributed by atoms with Crippen LogP contribution in [0.2, 0.25) is 0 Å². The van der Waals surface area contributed by atoms with Crippen LogP contribution in [0.4, 0.5) is 5.69 Å². The number of hydrogen-bond acceptors (Lipinski definition) is 7. The number of hydrogen-bond donors (Lipinski definition) is 2. The Morgan fingerprint density at radius 2 is 1.74 bits per heavy atom. The largest absolute Gasteiger partial charge is 0.489 e. The number of amides is 1. The highest BCUT2D eigenvalue weighted by atomic mass is 32.2. The normalized spacial score (nSPS) is 10.6. The second-order valence-electron chi connectivity index (χ2n) is 6.55. The number of carbonyl (C=O) groups excluding carboxylic acids is 1. The van der Waals surface area contributed by atoms with Gasteiger partial charge in [-0.25, -0.2) is 4.68 Å². The standard InChI is InChI=1S/C22H20N6O2S/c23-28-21(17-10-12-24-13-11-17)26-27-22(28)31-15-20(29)25-18-6-8-19(9-7-18)30-14-16-4-2-1-3-5-16/h1-13H,14-15,23H2,(H,25,29). The number of thioether (sulfide) groups is 1. The van der Waals surface area contributed by atoms with E-state index in [2.05, 4.69) is 20.5 Å². The topological polar surface area (TPSA) is 108 Å². The second kappa shape index (κ2) is 9.77. The number of carbonyl (C=O) groups is 1. The zero-order valence-electron chi connectivity index (χ0n) is 16.5. The van der Waals surface area contributed by atoms with E-state index in [9.17, 15) is 4.79 Å². The number of benzene rings is 2. The fraction of sp³-hybridized carbons (Fsp3) is 0.0909. The number of nitrogens with zero attached hydrogens (tertiary/aromatic N) is 4. The van der Waals surface area contributed by atoms with Gasteiger partial charge >= 0.3 is 0 Å². The van der Waals surface area contributed by atoms with E-state index in [1.165, 1.54) is 16.4 Å². The quantitative estimate of drug-likeness (QED) is 0.325. The van der Waals surface area contributed by atoms with Crippen LogP contribution >= 0.6 is 11.8 Å². The van der Waals surface area contributed by atoms with Crippen molar-refractivity contribution in [2.24, 2.45) is 0 Å². The molecule has 1 amide bonds. The molecule has 2 heterocycles. The van der Waals surface area contributed by atoms with Crippen molar-refractivity contribution in [3.8, 4) is 17.1 Å². The van der Waals surface area contributed by atoms with Gasteiger partial charge in [0, 0.05) is 23.6 Å². The Labute approximate surface area is 183 Å². The van der Waals surface area contributed by atoms with E-state index in [0.29, 0.717) is 23.3 Å². The van der Waals surface area contributed by atoms with Gasteiger partial charge in [0.05, 0.1) is 5.75 Å². The van der Waals surface area contributed by atoms with Crippen molar-refractivity contribution in [1.82, 2.24) is 19.9 Å². The smallest absolute Gasteiger partial charge is 0.234 e. The molecule has 3 N–H and O–H groups in total. The average molecular weight is 433 g/mol. The summed E-state index contributed by atoms with van der Waals surface area (Å²) in [5.41, 5.74) is 2.58. The summed E-state index contributed by atoms with van der Waals surface area (Å²) in [4.78, 5) is 16.3. The van der Waals surface area contributed by atoms with Crippen LogP contribution in [0.15, 0.2) is 84.3 Å². The fourth-order valence-electron chi connectivity index (χ4n) is 2.78. The molecule has 0 fully saturated rings. The van der Waals surface area contributed by atoms with Gasteiger partial charge in [-0.1, -0.05) is 42.1 Å². The van der Waals surface area contributed by atoms with E-state index in [1.807, 2.05) is 42.5 Å². The number of rotatable bonds is 8. The fourth-order valence-corrected chi connectivity index (χ4v) is 3.43. The predicted molar refractivity (Wildman–Crippen MR) is 120 cm³/mol. The van der Waals surface area contributed by atoms with Crippen molar-refractivity contribution >= 4 is 23.4 Å². The number of nitrogens with two attached hydrogens (primary N) is 1. The van der Waals surface area contributed by atoms with Crippen molar-refractivity contribution < 1.29 is 9.53 Å². The molecule has 0 aliphatic carbocycles. The Kier molecular flexibility index (Phi) is 6.44. The second-order valence-corrected chi connectivity index (χ2v) is 7.49. The van der Waals surface area contributed by atoms with Gasteiger partial charge in [-0.2, -0.15) is 0 Å². The molecule has 4 aromatic rings. The molecule has 9 heteroatoms. The SMILES string of the molecule is Nn1c(SCC(=O)Nc2ccc(OCc3ccccc3)cc2)nnc1-c1ccncc1. The lowest BCUT2D eigenvalue weighted by molar-refractivity contribution is -0.113. The molecule has 0 atom stereocenters. The Balaban J connectivity index is 1.28. The molecule has 2 aromatic heterocycles. The predicted octanol–water partition coefficient (Wildman–Crippen LogP) is 3.36. The minimum atomic E-state index is -0.170.